The number of amides is 1. The number of carbonyl (C=O) groups excluding carboxylic acids is 2. The van der Waals surface area contributed by atoms with E-state index in [1.54, 1.807) is 18.2 Å². The molecule has 0 spiro atoms. The van der Waals surface area contributed by atoms with Gasteiger partial charge in [-0.25, -0.2) is 4.79 Å². The van der Waals surface area contributed by atoms with Crippen molar-refractivity contribution in [2.24, 2.45) is 0 Å². The highest BCUT2D eigenvalue weighted by atomic mass is 32.2. The summed E-state index contributed by atoms with van der Waals surface area (Å²) in [5.74, 6) is -0.632. The lowest BCUT2D eigenvalue weighted by Gasteiger charge is -2.11. The summed E-state index contributed by atoms with van der Waals surface area (Å²) < 4.78 is 16.7. The van der Waals surface area contributed by atoms with Gasteiger partial charge in [-0.3, -0.25) is 9.00 Å². The summed E-state index contributed by atoms with van der Waals surface area (Å²) in [7, 11) is -1.32. The van der Waals surface area contributed by atoms with E-state index in [-0.39, 0.29) is 5.56 Å². The van der Waals surface area contributed by atoms with Gasteiger partial charge in [0.25, 0.3) is 5.91 Å². The topological polar surface area (TPSA) is 72.5 Å². The molecule has 138 valence electrons. The average Bonchev–Trinajstić information content (AvgIpc) is 2.66. The fourth-order valence-electron chi connectivity index (χ4n) is 2.42. The van der Waals surface area contributed by atoms with Crippen LogP contribution in [0.2, 0.25) is 0 Å². The monoisotopic (exact) mass is 373 g/mol. The zero-order valence-corrected chi connectivity index (χ0v) is 16.0. The molecule has 26 heavy (non-hydrogen) atoms. The average molecular weight is 373 g/mol. The summed E-state index contributed by atoms with van der Waals surface area (Å²) in [5.41, 5.74) is 2.06. The highest BCUT2D eigenvalue weighted by Gasteiger charge is 2.16. The fraction of sp³-hybridized carbons (Fsp3) is 0.300. The summed E-state index contributed by atoms with van der Waals surface area (Å²) in [6.07, 6.45) is 2.54. The van der Waals surface area contributed by atoms with Crippen LogP contribution in [-0.2, 0) is 20.3 Å². The number of hydrogen-bond acceptors (Lipinski definition) is 4. The number of rotatable bonds is 7. The first-order chi connectivity index (χ1) is 12.4. The Kier molecular flexibility index (Phi) is 7.09. The Morgan fingerprint density at radius 2 is 1.77 bits per heavy atom. The number of benzene rings is 2. The molecule has 0 aliphatic heterocycles. The summed E-state index contributed by atoms with van der Waals surface area (Å²) >= 11 is 0. The van der Waals surface area contributed by atoms with Crippen molar-refractivity contribution in [2.75, 3.05) is 18.2 Å². The molecule has 0 fully saturated rings. The lowest BCUT2D eigenvalue weighted by molar-refractivity contribution is -0.119. The predicted octanol–water partition coefficient (Wildman–Crippen LogP) is 3.73. The Balaban J connectivity index is 1.93. The SMILES string of the molecule is CC[C@H](C)c1ccc(NC(=O)COC(=O)c2ccccc2[S@](C)=O)cc1. The molecule has 0 unspecified atom stereocenters. The van der Waals surface area contributed by atoms with Crippen LogP contribution >= 0.6 is 0 Å². The number of hydrogen-bond donors (Lipinski definition) is 1. The van der Waals surface area contributed by atoms with Crippen molar-refractivity contribution in [3.05, 3.63) is 59.7 Å². The van der Waals surface area contributed by atoms with Gasteiger partial charge in [0.05, 0.1) is 21.3 Å². The van der Waals surface area contributed by atoms with Crippen LogP contribution in [0.15, 0.2) is 53.4 Å². The minimum absolute atomic E-state index is 0.207. The molecule has 0 aliphatic carbocycles. The maximum atomic E-state index is 12.1. The lowest BCUT2D eigenvalue weighted by atomic mass is 9.99. The van der Waals surface area contributed by atoms with Crippen molar-refractivity contribution in [1.82, 2.24) is 0 Å². The second-order valence-corrected chi connectivity index (χ2v) is 7.35. The van der Waals surface area contributed by atoms with E-state index >= 15 is 0 Å². The number of carbonyl (C=O) groups is 2. The van der Waals surface area contributed by atoms with E-state index < -0.39 is 29.3 Å². The lowest BCUT2D eigenvalue weighted by Crippen LogP contribution is -2.21. The summed E-state index contributed by atoms with van der Waals surface area (Å²) in [5, 5.41) is 2.69. The van der Waals surface area contributed by atoms with Crippen molar-refractivity contribution >= 4 is 28.4 Å². The highest BCUT2D eigenvalue weighted by molar-refractivity contribution is 7.84. The van der Waals surface area contributed by atoms with E-state index in [0.29, 0.717) is 16.5 Å². The molecule has 1 amide bonds. The summed E-state index contributed by atoms with van der Waals surface area (Å²) in [4.78, 5) is 24.5. The van der Waals surface area contributed by atoms with E-state index in [9.17, 15) is 13.8 Å². The van der Waals surface area contributed by atoms with Gasteiger partial charge in [-0.05, 0) is 42.2 Å². The van der Waals surface area contributed by atoms with Crippen molar-refractivity contribution < 1.29 is 18.5 Å². The first-order valence-corrected chi connectivity index (χ1v) is 9.97. The Morgan fingerprint density at radius 1 is 1.12 bits per heavy atom. The van der Waals surface area contributed by atoms with Gasteiger partial charge in [0, 0.05) is 11.9 Å². The molecule has 0 bridgehead atoms. The molecule has 0 saturated carbocycles. The molecule has 0 radical (unpaired) electrons. The zero-order chi connectivity index (χ0) is 19.1. The second kappa shape index (κ2) is 9.29. The number of nitrogens with one attached hydrogen (secondary N) is 1. The van der Waals surface area contributed by atoms with Gasteiger partial charge >= 0.3 is 5.97 Å². The van der Waals surface area contributed by atoms with Crippen molar-refractivity contribution in [3.8, 4) is 0 Å². The van der Waals surface area contributed by atoms with Crippen LogP contribution in [0, 0.1) is 0 Å². The first-order valence-electron chi connectivity index (χ1n) is 8.41. The largest absolute Gasteiger partial charge is 0.452 e. The second-order valence-electron chi connectivity index (χ2n) is 6.01. The molecular weight excluding hydrogens is 350 g/mol. The minimum atomic E-state index is -1.32. The van der Waals surface area contributed by atoms with Gasteiger partial charge in [-0.2, -0.15) is 0 Å². The Hall–Kier alpha value is -2.47. The number of esters is 1. The molecule has 2 atom stereocenters. The maximum absolute atomic E-state index is 12.1. The van der Waals surface area contributed by atoms with E-state index in [0.717, 1.165) is 6.42 Å². The third kappa shape index (κ3) is 5.26. The Morgan fingerprint density at radius 3 is 2.38 bits per heavy atom. The predicted molar refractivity (Wildman–Crippen MR) is 103 cm³/mol. The van der Waals surface area contributed by atoms with Crippen molar-refractivity contribution in [1.29, 1.82) is 0 Å². The van der Waals surface area contributed by atoms with Gasteiger partial charge in [-0.15, -0.1) is 0 Å². The van der Waals surface area contributed by atoms with E-state index in [4.69, 9.17) is 4.74 Å². The number of ether oxygens (including phenoxy) is 1. The van der Waals surface area contributed by atoms with E-state index in [1.807, 2.05) is 24.3 Å². The molecule has 2 rings (SSSR count). The van der Waals surface area contributed by atoms with Crippen molar-refractivity contribution in [3.63, 3.8) is 0 Å². The van der Waals surface area contributed by atoms with Gasteiger partial charge in [0.2, 0.25) is 0 Å². The van der Waals surface area contributed by atoms with E-state index in [1.165, 1.54) is 17.9 Å². The normalized spacial score (nSPS) is 12.9. The van der Waals surface area contributed by atoms with Crippen LogP contribution in [0.3, 0.4) is 0 Å². The molecule has 2 aromatic carbocycles. The standard InChI is InChI=1S/C20H23NO4S/c1-4-14(2)15-9-11-16(12-10-15)21-19(22)13-25-20(23)17-7-5-6-8-18(17)26(3)24/h5-12,14H,4,13H2,1-3H3,(H,21,22)/t14-,26-/m0/s1. The fourth-order valence-corrected chi connectivity index (χ4v) is 3.15. The molecule has 5 nitrogen and oxygen atoms in total. The maximum Gasteiger partial charge on any atom is 0.339 e. The van der Waals surface area contributed by atoms with Crippen LogP contribution in [0.25, 0.3) is 0 Å². The molecule has 0 saturated heterocycles. The smallest absolute Gasteiger partial charge is 0.339 e. The third-order valence-corrected chi connectivity index (χ3v) is 5.10. The quantitative estimate of drug-likeness (QED) is 0.751. The van der Waals surface area contributed by atoms with Crippen LogP contribution in [0.5, 0.6) is 0 Å². The third-order valence-electron chi connectivity index (χ3n) is 4.13. The Labute approximate surface area is 156 Å². The molecule has 1 N–H and O–H groups in total. The molecule has 6 heteroatoms. The van der Waals surface area contributed by atoms with Gasteiger partial charge < -0.3 is 10.1 Å². The molecule has 0 aliphatic rings. The minimum Gasteiger partial charge on any atom is -0.452 e. The van der Waals surface area contributed by atoms with Gasteiger partial charge in [0.1, 0.15) is 0 Å². The van der Waals surface area contributed by atoms with Crippen LogP contribution in [0.4, 0.5) is 5.69 Å². The molecule has 0 heterocycles. The molecule has 2 aromatic rings. The van der Waals surface area contributed by atoms with E-state index in [2.05, 4.69) is 19.2 Å². The van der Waals surface area contributed by atoms with Crippen LogP contribution in [0.1, 0.15) is 42.1 Å². The van der Waals surface area contributed by atoms with Crippen LogP contribution in [-0.4, -0.2) is 28.9 Å². The van der Waals surface area contributed by atoms with Gasteiger partial charge in [0.15, 0.2) is 6.61 Å². The van der Waals surface area contributed by atoms with Crippen molar-refractivity contribution in [2.45, 2.75) is 31.1 Å². The summed E-state index contributed by atoms with van der Waals surface area (Å²) in [6.45, 7) is 3.87. The zero-order valence-electron chi connectivity index (χ0n) is 15.2. The van der Waals surface area contributed by atoms with Gasteiger partial charge in [-0.1, -0.05) is 38.1 Å². The number of anilines is 1. The molecule has 0 aromatic heterocycles. The first kappa shape index (κ1) is 19.8. The summed E-state index contributed by atoms with van der Waals surface area (Å²) in [6, 6.07) is 14.1. The highest BCUT2D eigenvalue weighted by Crippen LogP contribution is 2.20. The van der Waals surface area contributed by atoms with Crippen LogP contribution < -0.4 is 5.32 Å². The molecular formula is C20H23NO4S. The Bertz CT molecular complexity index is 802.